The standard InChI is InChI=1S/C16H25N3S/c1-3-10-19(11-12-8-9-12)13-6-5-7-14(20-4-2)15(13)16(17)18/h5-7,12H,3-4,8-11H2,1-2H3,(H3,17,18). The van der Waals surface area contributed by atoms with Gasteiger partial charge < -0.3 is 10.6 Å². The molecule has 0 unspecified atom stereocenters. The summed E-state index contributed by atoms with van der Waals surface area (Å²) in [6.07, 6.45) is 3.81. The molecule has 110 valence electrons. The fourth-order valence-electron chi connectivity index (χ4n) is 2.52. The summed E-state index contributed by atoms with van der Waals surface area (Å²) in [5.41, 5.74) is 7.94. The van der Waals surface area contributed by atoms with Gasteiger partial charge in [-0.25, -0.2) is 0 Å². The lowest BCUT2D eigenvalue weighted by Gasteiger charge is -2.27. The van der Waals surface area contributed by atoms with Gasteiger partial charge in [0.2, 0.25) is 0 Å². The molecule has 0 aromatic heterocycles. The number of hydrogen-bond acceptors (Lipinski definition) is 3. The molecule has 2 rings (SSSR count). The van der Waals surface area contributed by atoms with Gasteiger partial charge in [-0.2, -0.15) is 0 Å². The lowest BCUT2D eigenvalue weighted by molar-refractivity contribution is 0.707. The summed E-state index contributed by atoms with van der Waals surface area (Å²) in [7, 11) is 0. The molecule has 0 aliphatic heterocycles. The third-order valence-electron chi connectivity index (χ3n) is 3.58. The van der Waals surface area contributed by atoms with Crippen LogP contribution in [0, 0.1) is 11.3 Å². The molecule has 0 radical (unpaired) electrons. The molecule has 1 aliphatic carbocycles. The van der Waals surface area contributed by atoms with Gasteiger partial charge in [-0.3, -0.25) is 5.41 Å². The zero-order valence-electron chi connectivity index (χ0n) is 12.5. The van der Waals surface area contributed by atoms with Gasteiger partial charge >= 0.3 is 0 Å². The Labute approximate surface area is 126 Å². The van der Waals surface area contributed by atoms with Crippen LogP contribution in [0.5, 0.6) is 0 Å². The predicted molar refractivity (Wildman–Crippen MR) is 89.1 cm³/mol. The molecule has 1 fully saturated rings. The van der Waals surface area contributed by atoms with Crippen molar-refractivity contribution in [2.45, 2.75) is 38.0 Å². The van der Waals surface area contributed by atoms with Gasteiger partial charge in [0, 0.05) is 23.7 Å². The minimum Gasteiger partial charge on any atom is -0.384 e. The number of nitrogens with one attached hydrogen (secondary N) is 1. The van der Waals surface area contributed by atoms with Gasteiger partial charge in [-0.1, -0.05) is 19.9 Å². The van der Waals surface area contributed by atoms with Crippen LogP contribution >= 0.6 is 11.8 Å². The van der Waals surface area contributed by atoms with Crippen LogP contribution in [0.1, 0.15) is 38.7 Å². The SMILES string of the molecule is CCCN(CC1CC1)c1cccc(SCC)c1C(=N)N. The molecule has 0 saturated heterocycles. The predicted octanol–water partition coefficient (Wildman–Crippen LogP) is 3.71. The van der Waals surface area contributed by atoms with Crippen LogP contribution in [0.4, 0.5) is 5.69 Å². The van der Waals surface area contributed by atoms with Crippen molar-refractivity contribution in [2.75, 3.05) is 23.7 Å². The Morgan fingerprint density at radius 2 is 2.15 bits per heavy atom. The highest BCUT2D eigenvalue weighted by molar-refractivity contribution is 7.99. The summed E-state index contributed by atoms with van der Waals surface area (Å²) in [6.45, 7) is 6.48. The van der Waals surface area contributed by atoms with Crippen molar-refractivity contribution in [1.82, 2.24) is 0 Å². The number of rotatable bonds is 8. The van der Waals surface area contributed by atoms with E-state index in [4.69, 9.17) is 11.1 Å². The summed E-state index contributed by atoms with van der Waals surface area (Å²) in [5, 5.41) is 7.96. The maximum atomic E-state index is 7.96. The minimum absolute atomic E-state index is 0.188. The second-order valence-electron chi connectivity index (χ2n) is 5.39. The number of hydrogen-bond donors (Lipinski definition) is 2. The van der Waals surface area contributed by atoms with Gasteiger partial charge in [0.05, 0.1) is 5.56 Å². The average Bonchev–Trinajstić information content (AvgIpc) is 3.22. The van der Waals surface area contributed by atoms with Gasteiger partial charge in [0.25, 0.3) is 0 Å². The van der Waals surface area contributed by atoms with E-state index < -0.39 is 0 Å². The third-order valence-corrected chi connectivity index (χ3v) is 4.52. The zero-order chi connectivity index (χ0) is 14.5. The van der Waals surface area contributed by atoms with E-state index in [1.807, 2.05) is 0 Å². The first-order chi connectivity index (χ1) is 9.67. The van der Waals surface area contributed by atoms with Crippen molar-refractivity contribution >= 4 is 23.3 Å². The van der Waals surface area contributed by atoms with Crippen molar-refractivity contribution in [2.24, 2.45) is 11.7 Å². The Morgan fingerprint density at radius 3 is 2.70 bits per heavy atom. The van der Waals surface area contributed by atoms with Crippen molar-refractivity contribution in [3.63, 3.8) is 0 Å². The average molecular weight is 291 g/mol. The van der Waals surface area contributed by atoms with E-state index in [-0.39, 0.29) is 5.84 Å². The molecule has 4 heteroatoms. The number of nitrogens with zero attached hydrogens (tertiary/aromatic N) is 1. The summed E-state index contributed by atoms with van der Waals surface area (Å²) in [6, 6.07) is 6.29. The summed E-state index contributed by atoms with van der Waals surface area (Å²) < 4.78 is 0. The quantitative estimate of drug-likeness (QED) is 0.436. The van der Waals surface area contributed by atoms with Gasteiger partial charge in [0.15, 0.2) is 0 Å². The molecule has 0 amide bonds. The molecule has 0 spiro atoms. The smallest absolute Gasteiger partial charge is 0.126 e. The minimum atomic E-state index is 0.188. The van der Waals surface area contributed by atoms with Crippen LogP contribution in [-0.2, 0) is 0 Å². The van der Waals surface area contributed by atoms with Crippen LogP contribution < -0.4 is 10.6 Å². The fourth-order valence-corrected chi connectivity index (χ4v) is 3.37. The van der Waals surface area contributed by atoms with Crippen LogP contribution in [0.2, 0.25) is 0 Å². The summed E-state index contributed by atoms with van der Waals surface area (Å²) in [4.78, 5) is 3.56. The first kappa shape index (κ1) is 15.2. The molecule has 0 bridgehead atoms. The topological polar surface area (TPSA) is 53.1 Å². The zero-order valence-corrected chi connectivity index (χ0v) is 13.3. The lowest BCUT2D eigenvalue weighted by Crippen LogP contribution is -2.29. The first-order valence-corrected chi connectivity index (χ1v) is 8.51. The maximum absolute atomic E-state index is 7.96. The maximum Gasteiger partial charge on any atom is 0.126 e. The summed E-state index contributed by atoms with van der Waals surface area (Å²) >= 11 is 1.77. The molecular weight excluding hydrogens is 266 g/mol. The van der Waals surface area contributed by atoms with E-state index in [0.717, 1.165) is 47.3 Å². The van der Waals surface area contributed by atoms with Gasteiger partial charge in [-0.15, -0.1) is 11.8 Å². The Kier molecular flexibility index (Phi) is 5.35. The number of anilines is 1. The molecule has 1 aromatic rings. The molecule has 0 atom stereocenters. The largest absolute Gasteiger partial charge is 0.384 e. The van der Waals surface area contributed by atoms with E-state index in [2.05, 4.69) is 36.9 Å². The van der Waals surface area contributed by atoms with Gasteiger partial charge in [-0.05, 0) is 43.1 Å². The number of amidine groups is 1. The van der Waals surface area contributed by atoms with E-state index in [1.165, 1.54) is 12.8 Å². The van der Waals surface area contributed by atoms with E-state index in [1.54, 1.807) is 11.8 Å². The normalized spacial score (nSPS) is 14.3. The van der Waals surface area contributed by atoms with E-state index >= 15 is 0 Å². The second kappa shape index (κ2) is 7.02. The molecular formula is C16H25N3S. The molecule has 3 nitrogen and oxygen atoms in total. The van der Waals surface area contributed by atoms with Crippen molar-refractivity contribution in [3.05, 3.63) is 23.8 Å². The van der Waals surface area contributed by atoms with E-state index in [0.29, 0.717) is 0 Å². The highest BCUT2D eigenvalue weighted by Gasteiger charge is 2.26. The Morgan fingerprint density at radius 1 is 1.40 bits per heavy atom. The Balaban J connectivity index is 2.35. The molecule has 0 heterocycles. The first-order valence-electron chi connectivity index (χ1n) is 7.52. The number of nitrogen functional groups attached to an aromatic ring is 1. The van der Waals surface area contributed by atoms with Crippen molar-refractivity contribution < 1.29 is 0 Å². The van der Waals surface area contributed by atoms with Crippen LogP contribution in [0.3, 0.4) is 0 Å². The third kappa shape index (κ3) is 3.69. The molecule has 1 aliphatic rings. The molecule has 20 heavy (non-hydrogen) atoms. The van der Waals surface area contributed by atoms with Gasteiger partial charge in [0.1, 0.15) is 5.84 Å². The molecule has 1 saturated carbocycles. The van der Waals surface area contributed by atoms with Crippen molar-refractivity contribution in [3.8, 4) is 0 Å². The Hall–Kier alpha value is -1.16. The number of benzene rings is 1. The number of thioether (sulfide) groups is 1. The highest BCUT2D eigenvalue weighted by Crippen LogP contribution is 2.35. The molecule has 1 aromatic carbocycles. The van der Waals surface area contributed by atoms with Crippen molar-refractivity contribution in [1.29, 1.82) is 5.41 Å². The fraction of sp³-hybridized carbons (Fsp3) is 0.562. The monoisotopic (exact) mass is 291 g/mol. The lowest BCUT2D eigenvalue weighted by atomic mass is 10.1. The summed E-state index contributed by atoms with van der Waals surface area (Å²) in [5.74, 6) is 2.03. The van der Waals surface area contributed by atoms with Crippen LogP contribution in [0.25, 0.3) is 0 Å². The van der Waals surface area contributed by atoms with Crippen LogP contribution in [0.15, 0.2) is 23.1 Å². The highest BCUT2D eigenvalue weighted by atomic mass is 32.2. The second-order valence-corrected chi connectivity index (χ2v) is 6.69. The Bertz CT molecular complexity index is 469. The molecule has 3 N–H and O–H groups in total. The van der Waals surface area contributed by atoms with Crippen LogP contribution in [-0.4, -0.2) is 24.7 Å². The number of nitrogens with two attached hydrogens (primary N) is 1. The van der Waals surface area contributed by atoms with E-state index in [9.17, 15) is 0 Å².